The monoisotopic (exact) mass is 529 g/mol. The van der Waals surface area contributed by atoms with Crippen LogP contribution < -0.4 is 10.1 Å². The topological polar surface area (TPSA) is 118 Å². The lowest BCUT2D eigenvalue weighted by molar-refractivity contribution is -0.0503. The van der Waals surface area contributed by atoms with Gasteiger partial charge in [0.1, 0.15) is 17.1 Å². The molecule has 3 aliphatic heterocycles. The first-order valence-electron chi connectivity index (χ1n) is 13.0. The summed E-state index contributed by atoms with van der Waals surface area (Å²) in [4.78, 5) is 20.2. The van der Waals surface area contributed by atoms with Crippen LogP contribution >= 0.6 is 0 Å². The molecule has 6 rings (SSSR count). The smallest absolute Gasteiger partial charge is 0.408 e. The largest absolute Gasteiger partial charge is 0.497 e. The molecule has 1 aliphatic carbocycles. The van der Waals surface area contributed by atoms with Crippen LogP contribution in [0, 0.1) is 11.8 Å². The number of fused-ring (bicyclic) bond motifs is 4. The Bertz CT molecular complexity index is 1270. The molecule has 1 saturated carbocycles. The molecular weight excluding hydrogens is 494 g/mol. The molecule has 0 spiro atoms. The first-order chi connectivity index (χ1) is 17.8. The molecular formula is C27H35N3O6S. The number of nitrogens with zero attached hydrogens (tertiary/aromatic N) is 2. The summed E-state index contributed by atoms with van der Waals surface area (Å²) in [5, 5.41) is 2.59. The Kier molecular flexibility index (Phi) is 7.42. The van der Waals surface area contributed by atoms with Crippen molar-refractivity contribution < 1.29 is 27.2 Å². The normalized spacial score (nSPS) is 30.4. The summed E-state index contributed by atoms with van der Waals surface area (Å²) in [7, 11) is -2.68. The second kappa shape index (κ2) is 10.6. The lowest BCUT2D eigenvalue weighted by Gasteiger charge is -2.51. The third-order valence-corrected chi connectivity index (χ3v) is 9.74. The van der Waals surface area contributed by atoms with Crippen LogP contribution in [0.2, 0.25) is 0 Å². The molecule has 0 radical (unpaired) electrons. The molecule has 1 aromatic heterocycles. The van der Waals surface area contributed by atoms with Gasteiger partial charge in [0.15, 0.2) is 0 Å². The zero-order valence-corrected chi connectivity index (χ0v) is 21.9. The number of aromatic nitrogens is 1. The number of nitrogens with one attached hydrogen (secondary N) is 1. The van der Waals surface area contributed by atoms with E-state index in [-0.39, 0.29) is 6.04 Å². The van der Waals surface area contributed by atoms with E-state index in [2.05, 4.69) is 21.8 Å². The van der Waals surface area contributed by atoms with Gasteiger partial charge in [0, 0.05) is 23.7 Å². The number of hydrogen-bond acceptors (Lipinski definition) is 7. The quantitative estimate of drug-likeness (QED) is 0.407. The van der Waals surface area contributed by atoms with Crippen molar-refractivity contribution in [1.29, 1.82) is 0 Å². The molecule has 2 bridgehead atoms. The van der Waals surface area contributed by atoms with Gasteiger partial charge >= 0.3 is 6.09 Å². The number of ether oxygens (including phenoxy) is 2. The number of benzene rings is 1. The van der Waals surface area contributed by atoms with Crippen LogP contribution in [0.4, 0.5) is 4.79 Å². The average molecular weight is 530 g/mol. The molecule has 1 amide bonds. The van der Waals surface area contributed by atoms with Crippen molar-refractivity contribution in [2.75, 3.05) is 20.2 Å². The van der Waals surface area contributed by atoms with E-state index < -0.39 is 33.6 Å². The van der Waals surface area contributed by atoms with Crippen LogP contribution in [0.5, 0.6) is 5.75 Å². The third-order valence-electron chi connectivity index (χ3n) is 8.41. The van der Waals surface area contributed by atoms with Crippen molar-refractivity contribution in [3.05, 3.63) is 48.7 Å². The molecule has 3 saturated heterocycles. The number of carbonyl (C=O) groups is 1. The van der Waals surface area contributed by atoms with Crippen LogP contribution in [0.15, 0.2) is 43.1 Å². The first-order valence-corrected chi connectivity index (χ1v) is 14.5. The van der Waals surface area contributed by atoms with Crippen molar-refractivity contribution in [2.45, 2.75) is 62.0 Å². The van der Waals surface area contributed by atoms with Crippen LogP contribution in [-0.4, -0.2) is 66.5 Å². The molecule has 2 N–H and O–H groups in total. The first kappa shape index (κ1) is 25.9. The number of hydrogen-bond donors (Lipinski definition) is 2. The maximum absolute atomic E-state index is 13.3. The minimum Gasteiger partial charge on any atom is -0.497 e. The lowest BCUT2D eigenvalue weighted by atomic mass is 9.73. The van der Waals surface area contributed by atoms with E-state index in [9.17, 15) is 17.8 Å². The molecule has 1 aromatic carbocycles. The second-order valence-corrected chi connectivity index (χ2v) is 12.1. The molecule has 2 aromatic rings. The van der Waals surface area contributed by atoms with E-state index in [1.54, 1.807) is 13.3 Å². The standard InChI is InChI=1S/C27H35N3O6S/c1-3-17-16-30-13-11-18(17)14-24(30)26(20-10-12-28-22-9-8-19(35-2)15-21(20)22)36-27(31)29-23-6-4-5-7-25(23)37(32,33)34/h3,8-10,12,15,17-18,23-26H,1,4-7,11,13-14,16H2,2H3,(H,29,31)(H,32,33,34)/t17?,18?,23-,24+,25-,26-/m1/s1. The maximum atomic E-state index is 13.3. The Labute approximate surface area is 218 Å². The van der Waals surface area contributed by atoms with E-state index in [1.165, 1.54) is 0 Å². The van der Waals surface area contributed by atoms with Gasteiger partial charge in [-0.05, 0) is 68.3 Å². The molecule has 3 unspecified atom stereocenters. The predicted octanol–water partition coefficient (Wildman–Crippen LogP) is 4.11. The molecule has 4 heterocycles. The zero-order valence-electron chi connectivity index (χ0n) is 21.1. The van der Waals surface area contributed by atoms with Crippen LogP contribution in [-0.2, 0) is 14.9 Å². The fourth-order valence-electron chi connectivity index (χ4n) is 6.48. The van der Waals surface area contributed by atoms with Crippen molar-refractivity contribution in [2.24, 2.45) is 11.8 Å². The van der Waals surface area contributed by atoms with Gasteiger partial charge in [-0.15, -0.1) is 6.58 Å². The zero-order chi connectivity index (χ0) is 26.2. The van der Waals surface area contributed by atoms with Gasteiger partial charge in [-0.25, -0.2) is 4.79 Å². The molecule has 4 fully saturated rings. The summed E-state index contributed by atoms with van der Waals surface area (Å²) in [6, 6.07) is 6.79. The number of alkyl carbamates (subject to hydrolysis) is 1. The van der Waals surface area contributed by atoms with Crippen LogP contribution in [0.1, 0.15) is 50.2 Å². The number of piperidine rings is 3. The summed E-state index contributed by atoms with van der Waals surface area (Å²) in [5.41, 5.74) is 1.60. The summed E-state index contributed by atoms with van der Waals surface area (Å²) < 4.78 is 45.3. The fraction of sp³-hybridized carbons (Fsp3) is 0.556. The van der Waals surface area contributed by atoms with E-state index in [0.29, 0.717) is 36.8 Å². The number of amides is 1. The highest BCUT2D eigenvalue weighted by Gasteiger charge is 2.45. The molecule has 4 aliphatic rings. The molecule has 7 atom stereocenters. The van der Waals surface area contributed by atoms with Gasteiger partial charge in [0.2, 0.25) is 0 Å². The van der Waals surface area contributed by atoms with E-state index in [4.69, 9.17) is 9.47 Å². The van der Waals surface area contributed by atoms with Crippen LogP contribution in [0.3, 0.4) is 0 Å². The van der Waals surface area contributed by atoms with Gasteiger partial charge in [-0.2, -0.15) is 8.42 Å². The lowest BCUT2D eigenvalue weighted by Crippen LogP contribution is -2.56. The van der Waals surface area contributed by atoms with Crippen molar-refractivity contribution in [3.8, 4) is 5.75 Å². The highest BCUT2D eigenvalue weighted by Crippen LogP contribution is 2.43. The minimum absolute atomic E-state index is 0.0405. The minimum atomic E-state index is -4.28. The third kappa shape index (κ3) is 5.32. The Balaban J connectivity index is 1.47. The highest BCUT2D eigenvalue weighted by molar-refractivity contribution is 7.86. The summed E-state index contributed by atoms with van der Waals surface area (Å²) >= 11 is 0. The highest BCUT2D eigenvalue weighted by atomic mass is 32.2. The predicted molar refractivity (Wildman–Crippen MR) is 140 cm³/mol. The second-order valence-electron chi connectivity index (χ2n) is 10.4. The van der Waals surface area contributed by atoms with E-state index >= 15 is 0 Å². The van der Waals surface area contributed by atoms with Gasteiger partial charge in [0.25, 0.3) is 10.1 Å². The van der Waals surface area contributed by atoms with Gasteiger partial charge in [-0.1, -0.05) is 18.9 Å². The average Bonchev–Trinajstić information content (AvgIpc) is 2.91. The number of methoxy groups -OCH3 is 1. The maximum Gasteiger partial charge on any atom is 0.408 e. The molecule has 9 nitrogen and oxygen atoms in total. The van der Waals surface area contributed by atoms with E-state index in [1.807, 2.05) is 30.3 Å². The van der Waals surface area contributed by atoms with Gasteiger partial charge in [0.05, 0.1) is 24.7 Å². The summed E-state index contributed by atoms with van der Waals surface area (Å²) in [6.07, 6.45) is 6.65. The van der Waals surface area contributed by atoms with Gasteiger partial charge < -0.3 is 14.8 Å². The van der Waals surface area contributed by atoms with Gasteiger partial charge in [-0.3, -0.25) is 14.4 Å². The number of carbonyl (C=O) groups excluding carboxylic acids is 1. The Morgan fingerprint density at radius 1 is 1.27 bits per heavy atom. The van der Waals surface area contributed by atoms with Crippen molar-refractivity contribution >= 4 is 27.1 Å². The van der Waals surface area contributed by atoms with E-state index in [0.717, 1.165) is 48.8 Å². The summed E-state index contributed by atoms with van der Waals surface area (Å²) in [6.45, 7) is 5.80. The molecule has 37 heavy (non-hydrogen) atoms. The van der Waals surface area contributed by atoms with Crippen LogP contribution in [0.25, 0.3) is 10.9 Å². The molecule has 200 valence electrons. The SMILES string of the molecule is C=CC1CN2CCC1C[C@H]2[C@H](OC(=O)N[C@@H]1CCCC[C@H]1S(=O)(=O)O)c1ccnc2ccc(OC)cc12. The number of pyridine rings is 1. The summed E-state index contributed by atoms with van der Waals surface area (Å²) in [5.74, 6) is 1.55. The molecule has 10 heteroatoms. The fourth-order valence-corrected chi connectivity index (χ4v) is 7.57. The Hall–Kier alpha value is -2.69. The Morgan fingerprint density at radius 2 is 2.08 bits per heavy atom. The van der Waals surface area contributed by atoms with Crippen molar-refractivity contribution in [3.63, 3.8) is 0 Å². The van der Waals surface area contributed by atoms with Crippen molar-refractivity contribution in [1.82, 2.24) is 15.2 Å². The number of rotatable bonds is 7. The Morgan fingerprint density at radius 3 is 2.78 bits per heavy atom.